The molecule has 2 heteroatoms. The predicted molar refractivity (Wildman–Crippen MR) is 120 cm³/mol. The minimum absolute atomic E-state index is 0.646. The smallest absolute Gasteiger partial charge is 0.0462 e. The van der Waals surface area contributed by atoms with Gasteiger partial charge < -0.3 is 0 Å². The molecule has 28 heavy (non-hydrogen) atoms. The zero-order chi connectivity index (χ0) is 19.3. The molecule has 0 aliphatic heterocycles. The Bertz CT molecular complexity index is 1040. The Balaban J connectivity index is 1.72. The van der Waals surface area contributed by atoms with Gasteiger partial charge in [0.2, 0.25) is 0 Å². The van der Waals surface area contributed by atoms with Crippen LogP contribution in [0.15, 0.2) is 103 Å². The first-order valence-electron chi connectivity index (χ1n) is 9.22. The van der Waals surface area contributed by atoms with Crippen LogP contribution in [0.25, 0.3) is 11.1 Å². The molecule has 137 valence electrons. The van der Waals surface area contributed by atoms with Crippen molar-refractivity contribution in [1.82, 2.24) is 0 Å². The highest BCUT2D eigenvalue weighted by Crippen LogP contribution is 2.34. The lowest BCUT2D eigenvalue weighted by Gasteiger charge is -2.19. The van der Waals surface area contributed by atoms with Gasteiger partial charge in [-0.15, -0.1) is 0 Å². The Hall–Kier alpha value is -2.54. The lowest BCUT2D eigenvalue weighted by atomic mass is 9.85. The molecule has 0 fully saturated rings. The summed E-state index contributed by atoms with van der Waals surface area (Å²) in [4.78, 5) is 0. The van der Waals surface area contributed by atoms with Crippen LogP contribution in [0.2, 0.25) is 10.0 Å². The summed E-state index contributed by atoms with van der Waals surface area (Å²) in [6, 6.07) is 35.2. The summed E-state index contributed by atoms with van der Waals surface area (Å²) in [5.74, 6) is 1.19. The zero-order valence-electron chi connectivity index (χ0n) is 15.3. The molecule has 0 N–H and O–H groups in total. The van der Waals surface area contributed by atoms with E-state index in [9.17, 15) is 0 Å². The van der Waals surface area contributed by atoms with Gasteiger partial charge in [0.1, 0.15) is 0 Å². The van der Waals surface area contributed by atoms with Gasteiger partial charge in [0.05, 0.1) is 0 Å². The molecule has 0 unspecified atom stereocenters. The third kappa shape index (κ3) is 4.30. The summed E-state index contributed by atoms with van der Waals surface area (Å²) in [7, 11) is 0. The quantitative estimate of drug-likeness (QED) is 0.319. The molecule has 4 rings (SSSR count). The molecule has 0 bridgehead atoms. The van der Waals surface area contributed by atoms with Crippen LogP contribution in [0.4, 0.5) is 0 Å². The Kier molecular flexibility index (Phi) is 5.81. The summed E-state index contributed by atoms with van der Waals surface area (Å²) in [6.07, 6.45) is 0.798. The van der Waals surface area contributed by atoms with Crippen LogP contribution in [0.1, 0.15) is 16.7 Å². The molecule has 4 aromatic rings. The Morgan fingerprint density at radius 3 is 1.86 bits per heavy atom. The highest BCUT2D eigenvalue weighted by Gasteiger charge is 2.19. The van der Waals surface area contributed by atoms with Crippen molar-refractivity contribution in [3.63, 3.8) is 0 Å². The Morgan fingerprint density at radius 1 is 0.607 bits per heavy atom. The van der Waals surface area contributed by atoms with Crippen LogP contribution < -0.4 is 0 Å². The third-order valence-corrected chi connectivity index (χ3v) is 5.37. The van der Waals surface area contributed by atoms with Gasteiger partial charge in [0, 0.05) is 16.0 Å². The van der Waals surface area contributed by atoms with Crippen molar-refractivity contribution in [2.24, 2.45) is 0 Å². The summed E-state index contributed by atoms with van der Waals surface area (Å²) < 4.78 is 0. The Morgan fingerprint density at radius 2 is 1.21 bits per heavy atom. The van der Waals surface area contributed by atoms with E-state index < -0.39 is 0 Å². The van der Waals surface area contributed by atoms with Crippen LogP contribution in [-0.2, 0) is 6.42 Å². The van der Waals surface area contributed by atoms with Crippen LogP contribution in [0, 0.1) is 5.92 Å². The van der Waals surface area contributed by atoms with E-state index in [0.717, 1.165) is 17.5 Å². The van der Waals surface area contributed by atoms with Crippen LogP contribution in [0.3, 0.4) is 0 Å². The fourth-order valence-corrected chi connectivity index (χ4v) is 3.90. The van der Waals surface area contributed by atoms with E-state index in [-0.39, 0.29) is 0 Å². The van der Waals surface area contributed by atoms with Crippen molar-refractivity contribution < 1.29 is 0 Å². The van der Waals surface area contributed by atoms with E-state index in [4.69, 9.17) is 23.2 Å². The van der Waals surface area contributed by atoms with Gasteiger partial charge in [-0.1, -0.05) is 114 Å². The third-order valence-electron chi connectivity index (χ3n) is 4.82. The van der Waals surface area contributed by atoms with Crippen molar-refractivity contribution in [3.8, 4) is 11.1 Å². The molecule has 0 amide bonds. The number of halogens is 2. The second kappa shape index (κ2) is 8.65. The molecule has 0 aliphatic rings. The molecule has 0 aliphatic carbocycles. The SMILES string of the molecule is Clc1ccc([C](Cc2ccccc2)c2ccc(-c3ccccc3)cc2)c(Cl)c1. The minimum Gasteiger partial charge on any atom is -0.0843 e. The van der Waals surface area contributed by atoms with Crippen molar-refractivity contribution in [2.45, 2.75) is 6.42 Å². The molecule has 0 nitrogen and oxygen atoms in total. The van der Waals surface area contributed by atoms with Crippen molar-refractivity contribution in [2.75, 3.05) is 0 Å². The summed E-state index contributed by atoms with van der Waals surface area (Å²) in [6.45, 7) is 0. The normalized spacial score (nSPS) is 11.0. The number of hydrogen-bond donors (Lipinski definition) is 0. The monoisotopic (exact) mass is 401 g/mol. The zero-order valence-corrected chi connectivity index (χ0v) is 16.8. The lowest BCUT2D eigenvalue weighted by Crippen LogP contribution is -2.07. The second-order valence-corrected chi connectivity index (χ2v) is 7.55. The molecule has 0 spiro atoms. The number of benzene rings is 4. The second-order valence-electron chi connectivity index (χ2n) is 6.71. The average molecular weight is 402 g/mol. The molecule has 4 aromatic carbocycles. The molecule has 0 saturated heterocycles. The highest BCUT2D eigenvalue weighted by atomic mass is 35.5. The fraction of sp³-hybridized carbons (Fsp3) is 0.0385. The van der Waals surface area contributed by atoms with Crippen molar-refractivity contribution >= 4 is 23.2 Å². The van der Waals surface area contributed by atoms with E-state index >= 15 is 0 Å². The molecule has 0 heterocycles. The molecular weight excluding hydrogens is 383 g/mol. The highest BCUT2D eigenvalue weighted by molar-refractivity contribution is 6.35. The van der Waals surface area contributed by atoms with Gasteiger partial charge in [0.15, 0.2) is 0 Å². The standard InChI is InChI=1S/C26H19Cl2/c27-23-15-16-24(26(28)18-23)25(17-19-7-3-1-4-8-19)22-13-11-21(12-14-22)20-9-5-2-6-10-20/h1-16,18H,17H2. The van der Waals surface area contributed by atoms with Gasteiger partial charge in [-0.2, -0.15) is 0 Å². The molecule has 1 radical (unpaired) electrons. The largest absolute Gasteiger partial charge is 0.0843 e. The van der Waals surface area contributed by atoms with Crippen LogP contribution in [0.5, 0.6) is 0 Å². The van der Waals surface area contributed by atoms with Crippen molar-refractivity contribution in [3.05, 3.63) is 136 Å². The summed E-state index contributed by atoms with van der Waals surface area (Å²) in [5.41, 5.74) is 5.83. The minimum atomic E-state index is 0.646. The van der Waals surface area contributed by atoms with Crippen LogP contribution >= 0.6 is 23.2 Å². The predicted octanol–water partition coefficient (Wildman–Crippen LogP) is 7.87. The van der Waals surface area contributed by atoms with E-state index in [0.29, 0.717) is 10.0 Å². The average Bonchev–Trinajstić information content (AvgIpc) is 2.74. The maximum Gasteiger partial charge on any atom is 0.0462 e. The van der Waals surface area contributed by atoms with Gasteiger partial charge in [-0.25, -0.2) is 0 Å². The molecular formula is C26H19Cl2. The first-order valence-corrected chi connectivity index (χ1v) is 9.97. The maximum absolute atomic E-state index is 6.56. The van der Waals surface area contributed by atoms with E-state index in [1.54, 1.807) is 0 Å². The van der Waals surface area contributed by atoms with Gasteiger partial charge in [-0.05, 0) is 46.4 Å². The first kappa shape index (κ1) is 18.8. The summed E-state index contributed by atoms with van der Waals surface area (Å²) in [5, 5.41) is 1.32. The topological polar surface area (TPSA) is 0 Å². The maximum atomic E-state index is 6.56. The Labute approximate surface area is 176 Å². The van der Waals surface area contributed by atoms with Crippen molar-refractivity contribution in [1.29, 1.82) is 0 Å². The van der Waals surface area contributed by atoms with Gasteiger partial charge in [-0.3, -0.25) is 0 Å². The van der Waals surface area contributed by atoms with Gasteiger partial charge >= 0.3 is 0 Å². The first-order chi connectivity index (χ1) is 13.7. The van der Waals surface area contributed by atoms with E-state index in [1.807, 2.05) is 30.3 Å². The number of rotatable bonds is 5. The van der Waals surface area contributed by atoms with Crippen LogP contribution in [-0.4, -0.2) is 0 Å². The fourth-order valence-electron chi connectivity index (χ4n) is 3.38. The molecule has 0 aromatic heterocycles. The molecule has 0 saturated carbocycles. The number of hydrogen-bond acceptors (Lipinski definition) is 0. The van der Waals surface area contributed by atoms with Gasteiger partial charge in [0.25, 0.3) is 0 Å². The molecule has 0 atom stereocenters. The summed E-state index contributed by atoms with van der Waals surface area (Å²) >= 11 is 12.7. The van der Waals surface area contributed by atoms with E-state index in [1.165, 1.54) is 22.6 Å². The van der Waals surface area contributed by atoms with E-state index in [2.05, 4.69) is 72.8 Å². The lowest BCUT2D eigenvalue weighted by molar-refractivity contribution is 1.03.